The highest BCUT2D eigenvalue weighted by molar-refractivity contribution is 7.91. The number of sulfone groups is 1. The maximum atomic E-state index is 11.4. The molecule has 0 saturated carbocycles. The van der Waals surface area contributed by atoms with E-state index in [1.54, 1.807) is 13.8 Å². The average Bonchev–Trinajstić information content (AvgIpc) is 2.83. The molecule has 0 aliphatic carbocycles. The van der Waals surface area contributed by atoms with Gasteiger partial charge in [0.15, 0.2) is 15.7 Å². The molecule has 1 saturated heterocycles. The minimum absolute atomic E-state index is 0.0197. The van der Waals surface area contributed by atoms with Crippen molar-refractivity contribution in [2.45, 2.75) is 38.4 Å². The van der Waals surface area contributed by atoms with Crippen molar-refractivity contribution in [2.75, 3.05) is 18.6 Å². The summed E-state index contributed by atoms with van der Waals surface area (Å²) in [7, 11) is -1.02. The van der Waals surface area contributed by atoms with Gasteiger partial charge in [0.1, 0.15) is 0 Å². The molecule has 2 N–H and O–H groups in total. The van der Waals surface area contributed by atoms with Crippen LogP contribution in [-0.2, 0) is 21.9 Å². The number of nitrogens with two attached hydrogens (primary N) is 1. The molecule has 0 bridgehead atoms. The van der Waals surface area contributed by atoms with Crippen LogP contribution in [-0.4, -0.2) is 48.1 Å². The number of nitrogens with zero attached hydrogens (tertiary/aromatic N) is 3. The number of hydrogen-bond donors (Lipinski definition) is 1. The van der Waals surface area contributed by atoms with Gasteiger partial charge in [0.2, 0.25) is 5.89 Å². The van der Waals surface area contributed by atoms with E-state index in [1.165, 1.54) is 0 Å². The summed E-state index contributed by atoms with van der Waals surface area (Å²) in [5, 5.41) is 3.84. The third-order valence-electron chi connectivity index (χ3n) is 3.26. The molecule has 1 aromatic rings. The van der Waals surface area contributed by atoms with Gasteiger partial charge in [-0.2, -0.15) is 4.98 Å². The van der Waals surface area contributed by atoms with E-state index in [-0.39, 0.29) is 17.5 Å². The Morgan fingerprint density at radius 1 is 1.53 bits per heavy atom. The molecule has 0 amide bonds. The van der Waals surface area contributed by atoms with Gasteiger partial charge in [-0.25, -0.2) is 8.42 Å². The van der Waals surface area contributed by atoms with E-state index in [2.05, 4.69) is 10.1 Å². The summed E-state index contributed by atoms with van der Waals surface area (Å²) in [6.07, 6.45) is 0.655. The maximum Gasteiger partial charge on any atom is 0.240 e. The second kappa shape index (κ2) is 4.84. The molecule has 1 aliphatic heterocycles. The van der Waals surface area contributed by atoms with Crippen LogP contribution in [0.25, 0.3) is 0 Å². The summed E-state index contributed by atoms with van der Waals surface area (Å²) >= 11 is 0. The molecule has 1 unspecified atom stereocenters. The van der Waals surface area contributed by atoms with Crippen LogP contribution in [0.4, 0.5) is 0 Å². The van der Waals surface area contributed by atoms with E-state index in [0.29, 0.717) is 24.7 Å². The van der Waals surface area contributed by atoms with Crippen LogP contribution < -0.4 is 5.73 Å². The van der Waals surface area contributed by atoms with Gasteiger partial charge in [0.25, 0.3) is 0 Å². The predicted molar refractivity (Wildman–Crippen MR) is 70.0 cm³/mol. The lowest BCUT2D eigenvalue weighted by atomic mass is 10.1. The van der Waals surface area contributed by atoms with E-state index in [9.17, 15) is 8.42 Å². The first kappa shape index (κ1) is 14.4. The number of hydrogen-bond acceptors (Lipinski definition) is 7. The van der Waals surface area contributed by atoms with E-state index < -0.39 is 15.4 Å². The summed E-state index contributed by atoms with van der Waals surface area (Å²) in [6, 6.07) is 0.0197. The first-order chi connectivity index (χ1) is 8.67. The first-order valence-electron chi connectivity index (χ1n) is 6.20. The van der Waals surface area contributed by atoms with Crippen LogP contribution in [0, 0.1) is 0 Å². The lowest BCUT2D eigenvalue weighted by Gasteiger charge is -2.20. The Balaban J connectivity index is 2.00. The molecule has 1 fully saturated rings. The van der Waals surface area contributed by atoms with Gasteiger partial charge >= 0.3 is 0 Å². The Labute approximate surface area is 113 Å². The largest absolute Gasteiger partial charge is 0.338 e. The van der Waals surface area contributed by atoms with E-state index >= 15 is 0 Å². The van der Waals surface area contributed by atoms with Crippen molar-refractivity contribution in [1.29, 1.82) is 0 Å². The molecule has 108 valence electrons. The van der Waals surface area contributed by atoms with Gasteiger partial charge in [-0.1, -0.05) is 5.16 Å². The minimum atomic E-state index is -2.88. The summed E-state index contributed by atoms with van der Waals surface area (Å²) in [5.41, 5.74) is 5.24. The van der Waals surface area contributed by atoms with Gasteiger partial charge in [0.05, 0.1) is 23.6 Å². The van der Waals surface area contributed by atoms with Gasteiger partial charge in [0, 0.05) is 6.04 Å². The van der Waals surface area contributed by atoms with Crippen LogP contribution >= 0.6 is 0 Å². The summed E-state index contributed by atoms with van der Waals surface area (Å²) < 4.78 is 28.0. The average molecular weight is 288 g/mol. The van der Waals surface area contributed by atoms with Crippen molar-refractivity contribution >= 4 is 9.84 Å². The van der Waals surface area contributed by atoms with Crippen molar-refractivity contribution in [2.24, 2.45) is 5.73 Å². The van der Waals surface area contributed by atoms with Crippen LogP contribution in [0.3, 0.4) is 0 Å². The Kier molecular flexibility index (Phi) is 3.67. The molecule has 0 spiro atoms. The molecule has 8 heteroatoms. The van der Waals surface area contributed by atoms with Crippen LogP contribution in [0.5, 0.6) is 0 Å². The van der Waals surface area contributed by atoms with E-state index in [0.717, 1.165) is 0 Å². The zero-order valence-electron chi connectivity index (χ0n) is 11.5. The molecule has 2 rings (SSSR count). The third kappa shape index (κ3) is 3.52. The molecule has 1 aromatic heterocycles. The zero-order chi connectivity index (χ0) is 14.3. The quantitative estimate of drug-likeness (QED) is 0.824. The molecule has 7 nitrogen and oxygen atoms in total. The smallest absolute Gasteiger partial charge is 0.240 e. The Hall–Kier alpha value is -0.990. The maximum absolute atomic E-state index is 11.4. The topological polar surface area (TPSA) is 102 Å². The predicted octanol–water partition coefficient (Wildman–Crippen LogP) is -0.118. The highest BCUT2D eigenvalue weighted by Crippen LogP contribution is 2.19. The lowest BCUT2D eigenvalue weighted by Crippen LogP contribution is -2.32. The molecule has 0 radical (unpaired) electrons. The van der Waals surface area contributed by atoms with Crippen molar-refractivity contribution in [3.63, 3.8) is 0 Å². The lowest BCUT2D eigenvalue weighted by molar-refractivity contribution is 0.217. The van der Waals surface area contributed by atoms with E-state index in [4.69, 9.17) is 10.3 Å². The Morgan fingerprint density at radius 2 is 2.21 bits per heavy atom. The number of rotatable bonds is 4. The molecule has 1 atom stereocenters. The molecule has 1 aliphatic rings. The molecular formula is C11H20N4O3S. The highest BCUT2D eigenvalue weighted by Gasteiger charge is 2.31. The van der Waals surface area contributed by atoms with Crippen molar-refractivity contribution in [3.8, 4) is 0 Å². The van der Waals surface area contributed by atoms with Crippen molar-refractivity contribution < 1.29 is 12.9 Å². The second-order valence-electron chi connectivity index (χ2n) is 5.71. The normalized spacial score (nSPS) is 23.1. The minimum Gasteiger partial charge on any atom is -0.338 e. The molecule has 0 aromatic carbocycles. The van der Waals surface area contributed by atoms with Crippen LogP contribution in [0.1, 0.15) is 32.0 Å². The van der Waals surface area contributed by atoms with Crippen molar-refractivity contribution in [1.82, 2.24) is 15.0 Å². The molecule has 19 heavy (non-hydrogen) atoms. The Bertz CT molecular complexity index is 547. The van der Waals surface area contributed by atoms with Gasteiger partial charge < -0.3 is 10.3 Å². The van der Waals surface area contributed by atoms with E-state index in [1.807, 2.05) is 11.9 Å². The van der Waals surface area contributed by atoms with Gasteiger partial charge in [-0.15, -0.1) is 0 Å². The second-order valence-corrected chi connectivity index (χ2v) is 7.93. The first-order valence-corrected chi connectivity index (χ1v) is 8.02. The van der Waals surface area contributed by atoms with Crippen LogP contribution in [0.15, 0.2) is 4.52 Å². The van der Waals surface area contributed by atoms with Crippen molar-refractivity contribution in [3.05, 3.63) is 11.7 Å². The zero-order valence-corrected chi connectivity index (χ0v) is 12.3. The fraction of sp³-hybridized carbons (Fsp3) is 0.818. The molecule has 2 heterocycles. The van der Waals surface area contributed by atoms with Crippen LogP contribution in [0.2, 0.25) is 0 Å². The Morgan fingerprint density at radius 3 is 2.68 bits per heavy atom. The SMILES string of the molecule is CN(Cc1nc(C(C)(C)N)no1)C1CCS(=O)(=O)C1. The number of aromatic nitrogens is 2. The highest BCUT2D eigenvalue weighted by atomic mass is 32.2. The molecular weight excluding hydrogens is 268 g/mol. The fourth-order valence-electron chi connectivity index (χ4n) is 2.05. The van der Waals surface area contributed by atoms with Gasteiger partial charge in [-0.3, -0.25) is 4.90 Å². The standard InChI is InChI=1S/C11H20N4O3S/c1-11(2,12)10-13-9(18-14-10)6-15(3)8-4-5-19(16,17)7-8/h8H,4-7,12H2,1-3H3. The monoisotopic (exact) mass is 288 g/mol. The summed E-state index contributed by atoms with van der Waals surface area (Å²) in [6.45, 7) is 4.03. The summed E-state index contributed by atoms with van der Waals surface area (Å²) in [4.78, 5) is 6.17. The van der Waals surface area contributed by atoms with Gasteiger partial charge in [-0.05, 0) is 27.3 Å². The third-order valence-corrected chi connectivity index (χ3v) is 5.01. The fourth-order valence-corrected chi connectivity index (χ4v) is 3.85. The summed E-state index contributed by atoms with van der Waals surface area (Å²) in [5.74, 6) is 1.37.